The summed E-state index contributed by atoms with van der Waals surface area (Å²) >= 11 is 0. The van der Waals surface area contributed by atoms with Crippen molar-refractivity contribution in [3.63, 3.8) is 0 Å². The van der Waals surface area contributed by atoms with Crippen molar-refractivity contribution in [1.82, 2.24) is 14.9 Å². The van der Waals surface area contributed by atoms with E-state index in [9.17, 15) is 4.79 Å². The number of hydrogen-bond acceptors (Lipinski definition) is 4. The van der Waals surface area contributed by atoms with Gasteiger partial charge in [0.1, 0.15) is 11.6 Å². The summed E-state index contributed by atoms with van der Waals surface area (Å²) in [5, 5.41) is 0. The average molecular weight is 337 g/mol. The number of aromatic nitrogens is 2. The van der Waals surface area contributed by atoms with Crippen LogP contribution in [0.3, 0.4) is 0 Å². The third kappa shape index (κ3) is 3.23. The Hall–Kier alpha value is -2.43. The predicted octanol–water partition coefficient (Wildman–Crippen LogP) is 2.83. The van der Waals surface area contributed by atoms with Crippen molar-refractivity contribution < 1.29 is 9.53 Å². The summed E-state index contributed by atoms with van der Waals surface area (Å²) in [6.07, 6.45) is 6.96. The Morgan fingerprint density at radius 1 is 1.16 bits per heavy atom. The van der Waals surface area contributed by atoms with Gasteiger partial charge in [-0.3, -0.25) is 4.79 Å². The van der Waals surface area contributed by atoms with E-state index in [1.54, 1.807) is 7.11 Å². The lowest BCUT2D eigenvalue weighted by Crippen LogP contribution is -2.30. The molecule has 1 aliphatic carbocycles. The van der Waals surface area contributed by atoms with Crippen LogP contribution < -0.4 is 4.74 Å². The molecule has 1 aromatic heterocycles. The molecule has 0 N–H and O–H groups in total. The second kappa shape index (κ2) is 6.82. The lowest BCUT2D eigenvalue weighted by atomic mass is 9.90. The fraction of sp³-hybridized carbons (Fsp3) is 0.450. The van der Waals surface area contributed by atoms with Crippen LogP contribution in [0.1, 0.15) is 29.0 Å². The van der Waals surface area contributed by atoms with Crippen molar-refractivity contribution in [2.75, 3.05) is 20.2 Å². The van der Waals surface area contributed by atoms with Gasteiger partial charge in [-0.05, 0) is 60.9 Å². The molecule has 2 heterocycles. The Kier molecular flexibility index (Phi) is 4.38. The molecule has 0 radical (unpaired) electrons. The molecule has 1 aliphatic heterocycles. The maximum atomic E-state index is 12.8. The molecule has 25 heavy (non-hydrogen) atoms. The first-order valence-corrected chi connectivity index (χ1v) is 8.94. The highest BCUT2D eigenvalue weighted by molar-refractivity contribution is 5.94. The van der Waals surface area contributed by atoms with E-state index in [1.807, 2.05) is 47.6 Å². The number of benzene rings is 1. The molecule has 1 saturated carbocycles. The standard InChI is InChI=1S/C20H23N3O2/c1-25-17-7-5-14(6-8-17)20(24)23-12-16-4-3-15(18(16)13-23)11-19-21-9-2-10-22-19/h2,5-10,15-16,18H,3-4,11-13H2,1H3/t15-,16-,18-/m1/s1. The van der Waals surface area contributed by atoms with E-state index in [-0.39, 0.29) is 5.91 Å². The van der Waals surface area contributed by atoms with Crippen molar-refractivity contribution in [2.45, 2.75) is 19.3 Å². The van der Waals surface area contributed by atoms with E-state index >= 15 is 0 Å². The van der Waals surface area contributed by atoms with Crippen LogP contribution in [-0.2, 0) is 6.42 Å². The zero-order valence-corrected chi connectivity index (χ0v) is 14.5. The van der Waals surface area contributed by atoms with Crippen LogP contribution in [0.25, 0.3) is 0 Å². The third-order valence-corrected chi connectivity index (χ3v) is 5.69. The number of rotatable bonds is 4. The van der Waals surface area contributed by atoms with Crippen molar-refractivity contribution in [3.8, 4) is 5.75 Å². The van der Waals surface area contributed by atoms with E-state index in [1.165, 1.54) is 12.8 Å². The van der Waals surface area contributed by atoms with Gasteiger partial charge in [0.05, 0.1) is 7.11 Å². The molecule has 2 aliphatic rings. The number of nitrogens with zero attached hydrogens (tertiary/aromatic N) is 3. The summed E-state index contributed by atoms with van der Waals surface area (Å²) in [5.41, 5.74) is 0.740. The minimum absolute atomic E-state index is 0.131. The van der Waals surface area contributed by atoms with Crippen LogP contribution >= 0.6 is 0 Å². The van der Waals surface area contributed by atoms with Crippen LogP contribution in [0.15, 0.2) is 42.7 Å². The number of ether oxygens (including phenoxy) is 1. The Morgan fingerprint density at radius 3 is 2.64 bits per heavy atom. The van der Waals surface area contributed by atoms with Crippen LogP contribution in [0.4, 0.5) is 0 Å². The monoisotopic (exact) mass is 337 g/mol. The van der Waals surface area contributed by atoms with Gasteiger partial charge in [0, 0.05) is 37.5 Å². The van der Waals surface area contributed by atoms with Crippen molar-refractivity contribution in [3.05, 3.63) is 54.1 Å². The first-order valence-electron chi connectivity index (χ1n) is 8.94. The van der Waals surface area contributed by atoms with Gasteiger partial charge in [0.15, 0.2) is 0 Å². The molecular weight excluding hydrogens is 314 g/mol. The largest absolute Gasteiger partial charge is 0.497 e. The predicted molar refractivity (Wildman–Crippen MR) is 94.3 cm³/mol. The Morgan fingerprint density at radius 2 is 1.92 bits per heavy atom. The molecule has 1 saturated heterocycles. The third-order valence-electron chi connectivity index (χ3n) is 5.69. The SMILES string of the molecule is COc1ccc(C(=O)N2C[C@H]3CC[C@H](Cc4ncccn4)[C@H]3C2)cc1. The van der Waals surface area contributed by atoms with Crippen molar-refractivity contribution >= 4 is 5.91 Å². The topological polar surface area (TPSA) is 55.3 Å². The van der Waals surface area contributed by atoms with Gasteiger partial charge in [0.2, 0.25) is 0 Å². The summed E-state index contributed by atoms with van der Waals surface area (Å²) in [5.74, 6) is 3.61. The number of carbonyl (C=O) groups is 1. The average Bonchev–Trinajstić information content (AvgIpc) is 3.24. The molecule has 0 spiro atoms. The molecule has 1 aromatic carbocycles. The fourth-order valence-corrected chi connectivity index (χ4v) is 4.38. The van der Waals surface area contributed by atoms with Gasteiger partial charge in [-0.2, -0.15) is 0 Å². The zero-order chi connectivity index (χ0) is 17.2. The molecular formula is C20H23N3O2. The second-order valence-corrected chi connectivity index (χ2v) is 7.07. The van der Waals surface area contributed by atoms with Crippen molar-refractivity contribution in [2.24, 2.45) is 17.8 Å². The van der Waals surface area contributed by atoms with E-state index in [4.69, 9.17) is 4.74 Å². The molecule has 5 heteroatoms. The maximum Gasteiger partial charge on any atom is 0.253 e. The second-order valence-electron chi connectivity index (χ2n) is 7.07. The number of fused-ring (bicyclic) bond motifs is 1. The van der Waals surface area contributed by atoms with Crippen molar-refractivity contribution in [1.29, 1.82) is 0 Å². The number of methoxy groups -OCH3 is 1. The lowest BCUT2D eigenvalue weighted by Gasteiger charge is -2.20. The molecule has 3 atom stereocenters. The highest BCUT2D eigenvalue weighted by atomic mass is 16.5. The highest BCUT2D eigenvalue weighted by Crippen LogP contribution is 2.43. The number of carbonyl (C=O) groups excluding carboxylic acids is 1. The summed E-state index contributed by atoms with van der Waals surface area (Å²) in [6.45, 7) is 1.73. The first-order chi connectivity index (χ1) is 12.2. The molecule has 0 unspecified atom stereocenters. The van der Waals surface area contributed by atoms with Gasteiger partial charge in [-0.1, -0.05) is 0 Å². The molecule has 2 fully saturated rings. The smallest absolute Gasteiger partial charge is 0.253 e. The van der Waals surface area contributed by atoms with Crippen LogP contribution in [0, 0.1) is 17.8 Å². The summed E-state index contributed by atoms with van der Waals surface area (Å²) in [6, 6.07) is 9.25. The minimum atomic E-state index is 0.131. The quantitative estimate of drug-likeness (QED) is 0.861. The van der Waals surface area contributed by atoms with E-state index in [0.717, 1.165) is 36.6 Å². The van der Waals surface area contributed by atoms with Crippen LogP contribution in [0.5, 0.6) is 5.75 Å². The molecule has 130 valence electrons. The van der Waals surface area contributed by atoms with Gasteiger partial charge in [0.25, 0.3) is 5.91 Å². The number of hydrogen-bond donors (Lipinski definition) is 0. The summed E-state index contributed by atoms with van der Waals surface area (Å²) < 4.78 is 5.17. The highest BCUT2D eigenvalue weighted by Gasteiger charge is 2.44. The van der Waals surface area contributed by atoms with Gasteiger partial charge >= 0.3 is 0 Å². The fourth-order valence-electron chi connectivity index (χ4n) is 4.38. The van der Waals surface area contributed by atoms with Crippen LogP contribution in [0.2, 0.25) is 0 Å². The summed E-state index contributed by atoms with van der Waals surface area (Å²) in [7, 11) is 1.63. The first kappa shape index (κ1) is 16.1. The number of likely N-dealkylation sites (tertiary alicyclic amines) is 1. The Bertz CT molecular complexity index is 732. The van der Waals surface area contributed by atoms with Gasteiger partial charge in [-0.15, -0.1) is 0 Å². The van der Waals surface area contributed by atoms with E-state index < -0.39 is 0 Å². The Balaban J connectivity index is 1.42. The van der Waals surface area contributed by atoms with E-state index in [0.29, 0.717) is 17.8 Å². The molecule has 1 amide bonds. The summed E-state index contributed by atoms with van der Waals surface area (Å²) in [4.78, 5) is 23.6. The zero-order valence-electron chi connectivity index (χ0n) is 14.5. The molecule has 2 aromatic rings. The minimum Gasteiger partial charge on any atom is -0.497 e. The van der Waals surface area contributed by atoms with Gasteiger partial charge < -0.3 is 9.64 Å². The number of amides is 1. The van der Waals surface area contributed by atoms with E-state index in [2.05, 4.69) is 9.97 Å². The Labute approximate surface area is 148 Å². The van der Waals surface area contributed by atoms with Crippen LogP contribution in [-0.4, -0.2) is 41.0 Å². The molecule has 4 rings (SSSR count). The lowest BCUT2D eigenvalue weighted by molar-refractivity contribution is 0.0776. The normalized spacial score (nSPS) is 25.0. The van der Waals surface area contributed by atoms with Gasteiger partial charge in [-0.25, -0.2) is 9.97 Å². The molecule has 5 nitrogen and oxygen atoms in total. The maximum absolute atomic E-state index is 12.8. The molecule has 0 bridgehead atoms.